The Hall–Kier alpha value is -1.24. The van der Waals surface area contributed by atoms with Gasteiger partial charge in [-0.05, 0) is 13.8 Å². The van der Waals surface area contributed by atoms with Crippen LogP contribution in [0, 0.1) is 13.8 Å². The number of hydrogen-bond acceptors (Lipinski definition) is 6. The van der Waals surface area contributed by atoms with Crippen molar-refractivity contribution in [2.75, 3.05) is 44.3 Å². The van der Waals surface area contributed by atoms with E-state index in [1.165, 1.54) is 0 Å². The summed E-state index contributed by atoms with van der Waals surface area (Å²) in [6, 6.07) is 0.167. The van der Waals surface area contributed by atoms with Crippen LogP contribution in [0.1, 0.15) is 11.4 Å². The molecule has 0 amide bonds. The highest BCUT2D eigenvalue weighted by Crippen LogP contribution is 2.24. The Morgan fingerprint density at radius 2 is 2.00 bits per heavy atom. The fourth-order valence-electron chi connectivity index (χ4n) is 3.03. The molecular weight excluding hydrogens is 256 g/mol. The molecule has 2 atom stereocenters. The smallest absolute Gasteiger partial charge is 0.150 e. The average Bonchev–Trinajstić information content (AvgIpc) is 2.84. The van der Waals surface area contributed by atoms with Crippen molar-refractivity contribution in [2.24, 2.45) is 0 Å². The lowest BCUT2D eigenvalue weighted by atomic mass is 10.2. The zero-order chi connectivity index (χ0) is 14.1. The molecule has 1 aromatic rings. The third-order valence-electron chi connectivity index (χ3n) is 4.12. The summed E-state index contributed by atoms with van der Waals surface area (Å²) in [5, 5.41) is 10.4. The highest BCUT2D eigenvalue weighted by Gasteiger charge is 2.37. The summed E-state index contributed by atoms with van der Waals surface area (Å²) in [5.41, 5.74) is 1.83. The molecular formula is C14H22N4O2. The number of morpholine rings is 1. The Balaban J connectivity index is 1.75. The van der Waals surface area contributed by atoms with Gasteiger partial charge in [0.25, 0.3) is 0 Å². The van der Waals surface area contributed by atoms with Gasteiger partial charge in [-0.3, -0.25) is 9.88 Å². The second-order valence-electron chi connectivity index (χ2n) is 5.61. The molecule has 0 saturated carbocycles. The van der Waals surface area contributed by atoms with Crippen LogP contribution in [0.4, 0.5) is 5.82 Å². The molecule has 0 radical (unpaired) electrons. The van der Waals surface area contributed by atoms with Crippen LogP contribution in [0.25, 0.3) is 0 Å². The lowest BCUT2D eigenvalue weighted by molar-refractivity contribution is -0.00588. The number of aliphatic hydroxyl groups is 1. The molecule has 2 aliphatic rings. The van der Waals surface area contributed by atoms with Crippen LogP contribution in [-0.2, 0) is 4.74 Å². The maximum atomic E-state index is 10.4. The monoisotopic (exact) mass is 278 g/mol. The summed E-state index contributed by atoms with van der Waals surface area (Å²) in [6.07, 6.45) is 1.44. The van der Waals surface area contributed by atoms with Crippen LogP contribution >= 0.6 is 0 Å². The van der Waals surface area contributed by atoms with E-state index in [0.29, 0.717) is 6.54 Å². The number of nitrogens with zero attached hydrogens (tertiary/aromatic N) is 4. The van der Waals surface area contributed by atoms with Crippen molar-refractivity contribution in [1.29, 1.82) is 0 Å². The molecule has 2 fully saturated rings. The van der Waals surface area contributed by atoms with Gasteiger partial charge in [0.2, 0.25) is 0 Å². The van der Waals surface area contributed by atoms with Crippen molar-refractivity contribution in [2.45, 2.75) is 26.0 Å². The van der Waals surface area contributed by atoms with Crippen LogP contribution in [0.3, 0.4) is 0 Å². The average molecular weight is 278 g/mol. The molecule has 3 rings (SSSR count). The number of aryl methyl sites for hydroxylation is 2. The molecule has 6 nitrogen and oxygen atoms in total. The predicted octanol–water partition coefficient (Wildman–Crippen LogP) is -0.0249. The van der Waals surface area contributed by atoms with E-state index in [9.17, 15) is 5.11 Å². The maximum Gasteiger partial charge on any atom is 0.150 e. The van der Waals surface area contributed by atoms with Crippen LogP contribution in [0.5, 0.6) is 0 Å². The van der Waals surface area contributed by atoms with Crippen LogP contribution in [0.15, 0.2) is 6.20 Å². The van der Waals surface area contributed by atoms with Gasteiger partial charge in [-0.15, -0.1) is 0 Å². The van der Waals surface area contributed by atoms with Crippen LogP contribution in [-0.4, -0.2) is 71.5 Å². The summed E-state index contributed by atoms with van der Waals surface area (Å²) in [6.45, 7) is 8.65. The minimum Gasteiger partial charge on any atom is -0.390 e. The van der Waals surface area contributed by atoms with Crippen molar-refractivity contribution in [3.8, 4) is 0 Å². The first-order chi connectivity index (χ1) is 9.65. The van der Waals surface area contributed by atoms with Gasteiger partial charge in [0.05, 0.1) is 36.7 Å². The van der Waals surface area contributed by atoms with Crippen LogP contribution < -0.4 is 4.90 Å². The Bertz CT molecular complexity index is 476. The third kappa shape index (κ3) is 2.63. The Morgan fingerprint density at radius 3 is 2.75 bits per heavy atom. The SMILES string of the molecule is Cc1cnc(C)c(N2C[C@H](O)[C@@H](N3CCOCC3)C2)n1. The molecule has 20 heavy (non-hydrogen) atoms. The number of hydrogen-bond donors (Lipinski definition) is 1. The standard InChI is InChI=1S/C14H22N4O2/c1-10-7-15-11(2)14(16-10)18-8-12(13(19)9-18)17-3-5-20-6-4-17/h7,12-13,19H,3-6,8-9H2,1-2H3/t12-,13-/m0/s1. The van der Waals surface area contributed by atoms with Gasteiger partial charge in [0.15, 0.2) is 0 Å². The van der Waals surface area contributed by atoms with Gasteiger partial charge >= 0.3 is 0 Å². The lowest BCUT2D eigenvalue weighted by Gasteiger charge is -2.33. The maximum absolute atomic E-state index is 10.4. The first kappa shape index (κ1) is 13.7. The Kier molecular flexibility index (Phi) is 3.87. The fraction of sp³-hybridized carbons (Fsp3) is 0.714. The molecule has 2 aliphatic heterocycles. The lowest BCUT2D eigenvalue weighted by Crippen LogP contribution is -2.48. The molecule has 3 heterocycles. The van der Waals surface area contributed by atoms with E-state index in [2.05, 4.69) is 19.8 Å². The predicted molar refractivity (Wildman–Crippen MR) is 75.9 cm³/mol. The molecule has 0 aromatic carbocycles. The van der Waals surface area contributed by atoms with E-state index in [-0.39, 0.29) is 12.1 Å². The largest absolute Gasteiger partial charge is 0.390 e. The summed E-state index contributed by atoms with van der Waals surface area (Å²) in [4.78, 5) is 13.4. The van der Waals surface area contributed by atoms with E-state index < -0.39 is 0 Å². The Labute approximate surface area is 119 Å². The number of anilines is 1. The van der Waals surface area contributed by atoms with E-state index in [0.717, 1.165) is 50.1 Å². The zero-order valence-corrected chi connectivity index (χ0v) is 12.1. The van der Waals surface area contributed by atoms with Gasteiger partial charge in [0.1, 0.15) is 5.82 Å². The zero-order valence-electron chi connectivity index (χ0n) is 12.1. The van der Waals surface area contributed by atoms with Gasteiger partial charge in [0, 0.05) is 32.4 Å². The third-order valence-corrected chi connectivity index (χ3v) is 4.12. The summed E-state index contributed by atoms with van der Waals surface area (Å²) in [5.74, 6) is 0.903. The van der Waals surface area contributed by atoms with Gasteiger partial charge in [-0.25, -0.2) is 4.98 Å². The normalized spacial score (nSPS) is 28.1. The quantitative estimate of drug-likeness (QED) is 0.820. The van der Waals surface area contributed by atoms with Crippen molar-refractivity contribution >= 4 is 5.82 Å². The number of β-amino-alcohol motifs (C(OH)–C–C–N with tert-alkyl or cyclic N) is 1. The summed E-state index contributed by atoms with van der Waals surface area (Å²) in [7, 11) is 0. The highest BCUT2D eigenvalue weighted by atomic mass is 16.5. The molecule has 1 aromatic heterocycles. The van der Waals surface area contributed by atoms with Crippen molar-refractivity contribution in [1.82, 2.24) is 14.9 Å². The van der Waals surface area contributed by atoms with Gasteiger partial charge in [-0.2, -0.15) is 0 Å². The Morgan fingerprint density at radius 1 is 1.25 bits per heavy atom. The molecule has 0 bridgehead atoms. The van der Waals surface area contributed by atoms with Crippen LogP contribution in [0.2, 0.25) is 0 Å². The van der Waals surface area contributed by atoms with E-state index in [4.69, 9.17) is 4.74 Å². The molecule has 6 heteroatoms. The van der Waals surface area contributed by atoms with E-state index in [1.807, 2.05) is 13.8 Å². The topological polar surface area (TPSA) is 61.7 Å². The molecule has 0 aliphatic carbocycles. The molecule has 110 valence electrons. The number of ether oxygens (including phenoxy) is 1. The second kappa shape index (κ2) is 5.63. The van der Waals surface area contributed by atoms with Crippen molar-refractivity contribution < 1.29 is 9.84 Å². The summed E-state index contributed by atoms with van der Waals surface area (Å²) >= 11 is 0. The fourth-order valence-corrected chi connectivity index (χ4v) is 3.03. The number of rotatable bonds is 2. The molecule has 1 N–H and O–H groups in total. The molecule has 2 saturated heterocycles. The first-order valence-corrected chi connectivity index (χ1v) is 7.20. The summed E-state index contributed by atoms with van der Waals surface area (Å²) < 4.78 is 5.38. The minimum absolute atomic E-state index is 0.167. The second-order valence-corrected chi connectivity index (χ2v) is 5.61. The number of aromatic nitrogens is 2. The molecule has 0 spiro atoms. The van der Waals surface area contributed by atoms with Gasteiger partial charge < -0.3 is 14.7 Å². The van der Waals surface area contributed by atoms with Crippen molar-refractivity contribution in [3.05, 3.63) is 17.6 Å². The van der Waals surface area contributed by atoms with E-state index >= 15 is 0 Å². The van der Waals surface area contributed by atoms with Crippen molar-refractivity contribution in [3.63, 3.8) is 0 Å². The highest BCUT2D eigenvalue weighted by molar-refractivity contribution is 5.45. The van der Waals surface area contributed by atoms with E-state index in [1.54, 1.807) is 6.20 Å². The van der Waals surface area contributed by atoms with Gasteiger partial charge in [-0.1, -0.05) is 0 Å². The molecule has 0 unspecified atom stereocenters. The minimum atomic E-state index is -0.338. The number of aliphatic hydroxyl groups excluding tert-OH is 1. The first-order valence-electron chi connectivity index (χ1n) is 7.20.